The van der Waals surface area contributed by atoms with Crippen molar-refractivity contribution in [1.29, 1.82) is 0 Å². The summed E-state index contributed by atoms with van der Waals surface area (Å²) in [5.41, 5.74) is 0.565. The van der Waals surface area contributed by atoms with Gasteiger partial charge in [-0.2, -0.15) is 11.3 Å². The molecule has 0 spiro atoms. The highest BCUT2D eigenvalue weighted by Crippen LogP contribution is 2.25. The molecule has 2 heterocycles. The van der Waals surface area contributed by atoms with Crippen LogP contribution in [0.5, 0.6) is 0 Å². The summed E-state index contributed by atoms with van der Waals surface area (Å²) < 4.78 is 0.512. The number of carboxylic acids is 1. The second-order valence-electron chi connectivity index (χ2n) is 3.02. The molecule has 0 unspecified atom stereocenters. The molecule has 2 aromatic heterocycles. The van der Waals surface area contributed by atoms with E-state index in [-0.39, 0.29) is 11.7 Å². The van der Waals surface area contributed by atoms with E-state index < -0.39 is 5.97 Å². The number of carboxylic acid groups (broad SMARTS) is 1. The van der Waals surface area contributed by atoms with Crippen molar-refractivity contribution in [2.45, 2.75) is 4.34 Å². The molecular weight excluding hydrogens is 294 g/mol. The van der Waals surface area contributed by atoms with Gasteiger partial charge in [-0.1, -0.05) is 23.1 Å². The Morgan fingerprint density at radius 1 is 1.44 bits per heavy atom. The lowest BCUT2D eigenvalue weighted by atomic mass is 10.3. The van der Waals surface area contributed by atoms with Crippen LogP contribution < -0.4 is 5.32 Å². The van der Waals surface area contributed by atoms with Gasteiger partial charge in [0.2, 0.25) is 5.13 Å². The fraction of sp³-hybridized carbons (Fsp3) is 0.111. The Labute approximate surface area is 114 Å². The number of nitrogens with zero attached hydrogens (tertiary/aromatic N) is 2. The number of rotatable bonds is 5. The van der Waals surface area contributed by atoms with Crippen LogP contribution in [0.2, 0.25) is 0 Å². The second-order valence-corrected chi connectivity index (χ2v) is 6.00. The van der Waals surface area contributed by atoms with Crippen LogP contribution in [-0.2, 0) is 4.79 Å². The van der Waals surface area contributed by atoms with Gasteiger partial charge in [0.1, 0.15) is 0 Å². The summed E-state index contributed by atoms with van der Waals surface area (Å²) in [6.07, 6.45) is 0. The lowest BCUT2D eigenvalue weighted by Crippen LogP contribution is -2.10. The first-order valence-corrected chi connectivity index (χ1v) is 7.41. The van der Waals surface area contributed by atoms with Crippen molar-refractivity contribution in [3.8, 4) is 0 Å². The fourth-order valence-electron chi connectivity index (χ4n) is 1.01. The number of hydrogen-bond donors (Lipinski definition) is 2. The molecular formula is C9H7N3O3S3. The lowest BCUT2D eigenvalue weighted by molar-refractivity contribution is -0.133. The van der Waals surface area contributed by atoms with Gasteiger partial charge in [-0.15, -0.1) is 10.2 Å². The number of nitrogens with one attached hydrogen (secondary N) is 1. The first-order valence-electron chi connectivity index (χ1n) is 4.67. The average Bonchev–Trinajstić information content (AvgIpc) is 2.97. The minimum atomic E-state index is -0.918. The van der Waals surface area contributed by atoms with Gasteiger partial charge < -0.3 is 5.11 Å². The Morgan fingerprint density at radius 3 is 2.94 bits per heavy atom. The van der Waals surface area contributed by atoms with Gasteiger partial charge in [0.05, 0.1) is 11.3 Å². The predicted octanol–water partition coefficient (Wildman–Crippen LogP) is 2.03. The third kappa shape index (κ3) is 3.52. The Morgan fingerprint density at radius 2 is 2.28 bits per heavy atom. The molecule has 94 valence electrons. The summed E-state index contributed by atoms with van der Waals surface area (Å²) in [4.78, 5) is 22.1. The molecule has 0 radical (unpaired) electrons. The number of thiophene rings is 1. The first kappa shape index (κ1) is 13.0. The highest BCUT2D eigenvalue weighted by molar-refractivity contribution is 8.01. The number of carbonyl (C=O) groups is 2. The average molecular weight is 301 g/mol. The molecule has 2 N–H and O–H groups in total. The molecule has 0 saturated heterocycles. The van der Waals surface area contributed by atoms with E-state index in [4.69, 9.17) is 5.11 Å². The van der Waals surface area contributed by atoms with Crippen LogP contribution in [0.25, 0.3) is 0 Å². The number of thioether (sulfide) groups is 1. The van der Waals surface area contributed by atoms with Crippen LogP contribution in [0.15, 0.2) is 21.2 Å². The van der Waals surface area contributed by atoms with Crippen molar-refractivity contribution in [1.82, 2.24) is 10.2 Å². The largest absolute Gasteiger partial charge is 0.481 e. The Kier molecular flexibility index (Phi) is 4.28. The zero-order chi connectivity index (χ0) is 13.0. The van der Waals surface area contributed by atoms with Crippen molar-refractivity contribution >= 4 is 51.4 Å². The van der Waals surface area contributed by atoms with Crippen LogP contribution >= 0.6 is 34.4 Å². The molecule has 2 rings (SSSR count). The topological polar surface area (TPSA) is 92.2 Å². The van der Waals surface area contributed by atoms with E-state index in [1.165, 1.54) is 11.3 Å². The van der Waals surface area contributed by atoms with Crippen molar-refractivity contribution < 1.29 is 14.7 Å². The Balaban J connectivity index is 1.94. The fourth-order valence-corrected chi connectivity index (χ4v) is 3.11. The van der Waals surface area contributed by atoms with Crippen molar-refractivity contribution in [3.63, 3.8) is 0 Å². The van der Waals surface area contributed by atoms with Gasteiger partial charge in [-0.25, -0.2) is 0 Å². The monoisotopic (exact) mass is 301 g/mol. The molecule has 0 aliphatic carbocycles. The minimum Gasteiger partial charge on any atom is -0.481 e. The summed E-state index contributed by atoms with van der Waals surface area (Å²) in [6, 6.07) is 1.71. The number of aliphatic carboxylic acids is 1. The molecule has 6 nitrogen and oxygen atoms in total. The van der Waals surface area contributed by atoms with Crippen LogP contribution in [0, 0.1) is 0 Å². The Hall–Kier alpha value is -1.45. The van der Waals surface area contributed by atoms with Crippen molar-refractivity contribution in [3.05, 3.63) is 22.4 Å². The molecule has 0 aliphatic rings. The standard InChI is InChI=1S/C9H7N3O3S3/c13-6(14)4-17-9-12-11-8(18-9)10-7(15)5-1-2-16-3-5/h1-3H,4H2,(H,13,14)(H,10,11,15). The summed E-state index contributed by atoms with van der Waals surface area (Å²) in [5.74, 6) is -1.24. The molecule has 0 aromatic carbocycles. The van der Waals surface area contributed by atoms with E-state index in [1.807, 2.05) is 5.38 Å². The maximum absolute atomic E-state index is 11.7. The van der Waals surface area contributed by atoms with E-state index in [0.717, 1.165) is 23.1 Å². The van der Waals surface area contributed by atoms with E-state index in [2.05, 4.69) is 15.5 Å². The molecule has 0 fully saturated rings. The zero-order valence-corrected chi connectivity index (χ0v) is 11.3. The van der Waals surface area contributed by atoms with Crippen LogP contribution in [-0.4, -0.2) is 32.9 Å². The summed E-state index contributed by atoms with van der Waals surface area (Å²) in [6.45, 7) is 0. The third-order valence-electron chi connectivity index (χ3n) is 1.73. The number of aromatic nitrogens is 2. The van der Waals surface area contributed by atoms with Gasteiger partial charge in [-0.3, -0.25) is 14.9 Å². The quantitative estimate of drug-likeness (QED) is 0.648. The molecule has 0 saturated carbocycles. The van der Waals surface area contributed by atoms with Crippen LogP contribution in [0.4, 0.5) is 5.13 Å². The number of amides is 1. The van der Waals surface area contributed by atoms with Crippen LogP contribution in [0.1, 0.15) is 10.4 Å². The van der Waals surface area contributed by atoms with Crippen LogP contribution in [0.3, 0.4) is 0 Å². The molecule has 0 aliphatic heterocycles. The van der Waals surface area contributed by atoms with Crippen molar-refractivity contribution in [2.24, 2.45) is 0 Å². The van der Waals surface area contributed by atoms with Crippen molar-refractivity contribution in [2.75, 3.05) is 11.1 Å². The first-order chi connectivity index (χ1) is 8.65. The van der Waals surface area contributed by atoms with Gasteiger partial charge in [0.15, 0.2) is 4.34 Å². The number of anilines is 1. The number of carbonyl (C=O) groups excluding carboxylic acids is 1. The van der Waals surface area contributed by atoms with Gasteiger partial charge in [-0.05, 0) is 11.4 Å². The van der Waals surface area contributed by atoms with Gasteiger partial charge in [0.25, 0.3) is 5.91 Å². The van der Waals surface area contributed by atoms with Gasteiger partial charge in [0, 0.05) is 5.38 Å². The molecule has 2 aromatic rings. The minimum absolute atomic E-state index is 0.0763. The summed E-state index contributed by atoms with van der Waals surface area (Å²) in [7, 11) is 0. The molecule has 1 amide bonds. The highest BCUT2D eigenvalue weighted by atomic mass is 32.2. The molecule has 0 bridgehead atoms. The summed E-state index contributed by atoms with van der Waals surface area (Å²) in [5, 5.41) is 22.6. The summed E-state index contributed by atoms with van der Waals surface area (Å²) >= 11 is 3.65. The molecule has 0 atom stereocenters. The second kappa shape index (κ2) is 5.94. The van der Waals surface area contributed by atoms with E-state index in [9.17, 15) is 9.59 Å². The van der Waals surface area contributed by atoms with E-state index >= 15 is 0 Å². The maximum atomic E-state index is 11.7. The molecule has 9 heteroatoms. The Bertz CT molecular complexity index is 552. The number of hydrogen-bond acceptors (Lipinski definition) is 7. The lowest BCUT2D eigenvalue weighted by Gasteiger charge is -1.96. The SMILES string of the molecule is O=C(O)CSc1nnc(NC(=O)c2ccsc2)s1. The predicted molar refractivity (Wildman–Crippen MR) is 70.5 cm³/mol. The zero-order valence-electron chi connectivity index (χ0n) is 8.82. The normalized spacial score (nSPS) is 10.2. The smallest absolute Gasteiger partial charge is 0.313 e. The highest BCUT2D eigenvalue weighted by Gasteiger charge is 2.11. The van der Waals surface area contributed by atoms with Gasteiger partial charge >= 0.3 is 5.97 Å². The third-order valence-corrected chi connectivity index (χ3v) is 4.37. The van der Waals surface area contributed by atoms with E-state index in [1.54, 1.807) is 11.4 Å². The maximum Gasteiger partial charge on any atom is 0.313 e. The molecule has 18 heavy (non-hydrogen) atoms. The van der Waals surface area contributed by atoms with E-state index in [0.29, 0.717) is 15.0 Å².